The van der Waals surface area contributed by atoms with Gasteiger partial charge in [0.05, 0.1) is 17.8 Å². The first-order valence-electron chi connectivity index (χ1n) is 5.28. The average molecular weight is 226 g/mol. The van der Waals surface area contributed by atoms with Crippen molar-refractivity contribution in [2.24, 2.45) is 0 Å². The van der Waals surface area contributed by atoms with Crippen molar-refractivity contribution in [2.75, 3.05) is 32.1 Å². The number of aliphatic hydroxyl groups is 1. The van der Waals surface area contributed by atoms with Crippen LogP contribution in [0, 0.1) is 5.82 Å². The van der Waals surface area contributed by atoms with Gasteiger partial charge in [-0.05, 0) is 26.1 Å². The Balaban J connectivity index is 2.80. The number of nitrogens with one attached hydrogen (secondary N) is 1. The number of anilines is 1. The Labute approximate surface area is 95.9 Å². The van der Waals surface area contributed by atoms with E-state index in [0.717, 1.165) is 0 Å². The van der Waals surface area contributed by atoms with Crippen LogP contribution >= 0.6 is 0 Å². The summed E-state index contributed by atoms with van der Waals surface area (Å²) in [5, 5.41) is 12.3. The molecule has 0 radical (unpaired) electrons. The van der Waals surface area contributed by atoms with Crippen molar-refractivity contribution in [1.82, 2.24) is 5.32 Å². The van der Waals surface area contributed by atoms with Gasteiger partial charge in [0.25, 0.3) is 0 Å². The molecule has 1 aromatic carbocycles. The molecule has 2 N–H and O–H groups in total. The van der Waals surface area contributed by atoms with Gasteiger partial charge in [0.2, 0.25) is 0 Å². The number of para-hydroxylation sites is 1. The molecule has 0 heterocycles. The standard InChI is InChI=1S/C12H19FN2O/c1-12(9-16,14-2)8-15(3)11-7-5-4-6-10(11)13/h4-7,14,16H,8-9H2,1-3H3. The monoisotopic (exact) mass is 226 g/mol. The first-order valence-corrected chi connectivity index (χ1v) is 5.28. The normalized spacial score (nSPS) is 14.6. The van der Waals surface area contributed by atoms with Crippen molar-refractivity contribution < 1.29 is 9.50 Å². The average Bonchev–Trinajstić information content (AvgIpc) is 2.29. The van der Waals surface area contributed by atoms with Crippen molar-refractivity contribution in [1.29, 1.82) is 0 Å². The molecule has 1 rings (SSSR count). The summed E-state index contributed by atoms with van der Waals surface area (Å²) in [6.07, 6.45) is 0. The summed E-state index contributed by atoms with van der Waals surface area (Å²) in [4.78, 5) is 1.79. The van der Waals surface area contributed by atoms with E-state index in [-0.39, 0.29) is 12.4 Å². The van der Waals surface area contributed by atoms with Crippen molar-refractivity contribution in [3.63, 3.8) is 0 Å². The first kappa shape index (κ1) is 12.9. The number of hydrogen-bond acceptors (Lipinski definition) is 3. The first-order chi connectivity index (χ1) is 7.52. The lowest BCUT2D eigenvalue weighted by Gasteiger charge is -2.33. The van der Waals surface area contributed by atoms with E-state index in [4.69, 9.17) is 0 Å². The zero-order valence-electron chi connectivity index (χ0n) is 10.00. The van der Waals surface area contributed by atoms with Gasteiger partial charge in [0.1, 0.15) is 5.82 Å². The minimum atomic E-state index is -0.434. The molecule has 16 heavy (non-hydrogen) atoms. The Morgan fingerprint density at radius 1 is 1.44 bits per heavy atom. The highest BCUT2D eigenvalue weighted by Gasteiger charge is 2.23. The Morgan fingerprint density at radius 2 is 2.06 bits per heavy atom. The van der Waals surface area contributed by atoms with Crippen LogP contribution in [0.5, 0.6) is 0 Å². The zero-order chi connectivity index (χ0) is 12.2. The van der Waals surface area contributed by atoms with E-state index in [1.54, 1.807) is 30.1 Å². The lowest BCUT2D eigenvalue weighted by Crippen LogP contribution is -2.52. The lowest BCUT2D eigenvalue weighted by molar-refractivity contribution is 0.186. The Kier molecular flexibility index (Phi) is 4.26. The summed E-state index contributed by atoms with van der Waals surface area (Å²) in [6, 6.07) is 6.62. The summed E-state index contributed by atoms with van der Waals surface area (Å²) in [5.41, 5.74) is 0.106. The van der Waals surface area contributed by atoms with E-state index in [0.29, 0.717) is 12.2 Å². The largest absolute Gasteiger partial charge is 0.394 e. The molecule has 90 valence electrons. The zero-order valence-corrected chi connectivity index (χ0v) is 10.00. The molecule has 0 spiro atoms. The van der Waals surface area contributed by atoms with Gasteiger partial charge in [-0.1, -0.05) is 12.1 Å². The fourth-order valence-electron chi connectivity index (χ4n) is 1.58. The number of benzene rings is 1. The molecule has 1 atom stereocenters. The Hall–Kier alpha value is -1.13. The van der Waals surface area contributed by atoms with Crippen LogP contribution in [0.3, 0.4) is 0 Å². The Morgan fingerprint density at radius 3 is 2.56 bits per heavy atom. The van der Waals surface area contributed by atoms with Gasteiger partial charge in [-0.25, -0.2) is 4.39 Å². The summed E-state index contributed by atoms with van der Waals surface area (Å²) >= 11 is 0. The molecule has 4 heteroatoms. The molecule has 0 fully saturated rings. The number of nitrogens with zero attached hydrogens (tertiary/aromatic N) is 1. The molecule has 0 saturated carbocycles. The molecule has 3 nitrogen and oxygen atoms in total. The van der Waals surface area contributed by atoms with E-state index in [2.05, 4.69) is 5.32 Å². The smallest absolute Gasteiger partial charge is 0.146 e. The molecule has 0 aliphatic heterocycles. The van der Waals surface area contributed by atoms with Gasteiger partial charge in [0.15, 0.2) is 0 Å². The number of rotatable bonds is 5. The van der Waals surface area contributed by atoms with Gasteiger partial charge in [0, 0.05) is 13.6 Å². The second kappa shape index (κ2) is 5.27. The molecule has 0 aliphatic carbocycles. The number of aliphatic hydroxyl groups excluding tert-OH is 1. The third-order valence-electron chi connectivity index (χ3n) is 2.80. The third kappa shape index (κ3) is 2.93. The summed E-state index contributed by atoms with van der Waals surface area (Å²) in [5.74, 6) is -0.249. The minimum Gasteiger partial charge on any atom is -0.394 e. The molecule has 0 amide bonds. The van der Waals surface area contributed by atoms with Crippen LogP contribution in [0.1, 0.15) is 6.92 Å². The van der Waals surface area contributed by atoms with Crippen LogP contribution in [-0.4, -0.2) is 37.9 Å². The van der Waals surface area contributed by atoms with E-state index >= 15 is 0 Å². The molecule has 1 unspecified atom stereocenters. The number of halogens is 1. The molecule has 1 aromatic rings. The minimum absolute atomic E-state index is 0.00227. The highest BCUT2D eigenvalue weighted by molar-refractivity contribution is 5.47. The fraction of sp³-hybridized carbons (Fsp3) is 0.500. The van der Waals surface area contributed by atoms with Crippen molar-refractivity contribution in [2.45, 2.75) is 12.5 Å². The molecule has 0 aromatic heterocycles. The maximum Gasteiger partial charge on any atom is 0.146 e. The SMILES string of the molecule is CNC(C)(CO)CN(C)c1ccccc1F. The predicted molar refractivity (Wildman–Crippen MR) is 64.2 cm³/mol. The predicted octanol–water partition coefficient (Wildman–Crippen LogP) is 1.23. The van der Waals surface area contributed by atoms with Crippen molar-refractivity contribution in [3.05, 3.63) is 30.1 Å². The molecular weight excluding hydrogens is 207 g/mol. The number of likely N-dealkylation sites (N-methyl/N-ethyl adjacent to an activating group) is 2. The van der Waals surface area contributed by atoms with Crippen LogP contribution < -0.4 is 10.2 Å². The molecule has 0 bridgehead atoms. The van der Waals surface area contributed by atoms with E-state index in [9.17, 15) is 9.50 Å². The van der Waals surface area contributed by atoms with Crippen molar-refractivity contribution in [3.8, 4) is 0 Å². The van der Waals surface area contributed by atoms with Gasteiger partial charge >= 0.3 is 0 Å². The highest BCUT2D eigenvalue weighted by Crippen LogP contribution is 2.19. The van der Waals surface area contributed by atoms with E-state index in [1.807, 2.05) is 14.0 Å². The van der Waals surface area contributed by atoms with Gasteiger partial charge in [-0.2, -0.15) is 0 Å². The van der Waals surface area contributed by atoms with Gasteiger partial charge in [-0.3, -0.25) is 0 Å². The lowest BCUT2D eigenvalue weighted by atomic mass is 10.0. The maximum absolute atomic E-state index is 13.5. The highest BCUT2D eigenvalue weighted by atomic mass is 19.1. The van der Waals surface area contributed by atoms with Crippen LogP contribution in [0.25, 0.3) is 0 Å². The van der Waals surface area contributed by atoms with Crippen molar-refractivity contribution >= 4 is 5.69 Å². The Bertz CT molecular complexity index is 340. The molecular formula is C12H19FN2O. The quantitative estimate of drug-likeness (QED) is 0.792. The second-order valence-corrected chi connectivity index (χ2v) is 4.28. The summed E-state index contributed by atoms with van der Waals surface area (Å²) in [6.45, 7) is 2.42. The fourth-order valence-corrected chi connectivity index (χ4v) is 1.58. The third-order valence-corrected chi connectivity index (χ3v) is 2.80. The van der Waals surface area contributed by atoms with Gasteiger partial charge < -0.3 is 15.3 Å². The van der Waals surface area contributed by atoms with Gasteiger partial charge in [-0.15, -0.1) is 0 Å². The second-order valence-electron chi connectivity index (χ2n) is 4.28. The molecule has 0 saturated heterocycles. The van der Waals surface area contributed by atoms with E-state index in [1.165, 1.54) is 6.07 Å². The summed E-state index contributed by atoms with van der Waals surface area (Å²) in [7, 11) is 3.59. The summed E-state index contributed by atoms with van der Waals surface area (Å²) < 4.78 is 13.5. The van der Waals surface area contributed by atoms with Crippen LogP contribution in [0.4, 0.5) is 10.1 Å². The topological polar surface area (TPSA) is 35.5 Å². The molecule has 0 aliphatic rings. The maximum atomic E-state index is 13.5. The van der Waals surface area contributed by atoms with Crippen LogP contribution in [-0.2, 0) is 0 Å². The van der Waals surface area contributed by atoms with Crippen LogP contribution in [0.15, 0.2) is 24.3 Å². The number of hydrogen-bond donors (Lipinski definition) is 2. The van der Waals surface area contributed by atoms with E-state index < -0.39 is 5.54 Å². The van der Waals surface area contributed by atoms with Crippen LogP contribution in [0.2, 0.25) is 0 Å².